The predicted molar refractivity (Wildman–Crippen MR) is 64.6 cm³/mol. The maximum absolute atomic E-state index is 11.8. The SMILES string of the molecule is O=C(CN1CCCNCC1)Nc1cncnc1. The van der Waals surface area contributed by atoms with Gasteiger partial charge in [-0.05, 0) is 19.5 Å². The van der Waals surface area contributed by atoms with Crippen molar-refractivity contribution in [2.75, 3.05) is 38.0 Å². The molecule has 6 nitrogen and oxygen atoms in total. The molecule has 1 aromatic heterocycles. The van der Waals surface area contributed by atoms with Crippen LogP contribution in [-0.2, 0) is 4.79 Å². The number of amides is 1. The van der Waals surface area contributed by atoms with Crippen LogP contribution in [0.3, 0.4) is 0 Å². The molecule has 6 heteroatoms. The summed E-state index contributed by atoms with van der Waals surface area (Å²) in [6, 6.07) is 0. The van der Waals surface area contributed by atoms with Crippen molar-refractivity contribution < 1.29 is 4.79 Å². The number of rotatable bonds is 3. The molecular weight excluding hydrogens is 218 g/mol. The van der Waals surface area contributed by atoms with E-state index in [0.29, 0.717) is 12.2 Å². The molecule has 0 spiro atoms. The monoisotopic (exact) mass is 235 g/mol. The summed E-state index contributed by atoms with van der Waals surface area (Å²) < 4.78 is 0. The van der Waals surface area contributed by atoms with Gasteiger partial charge in [-0.2, -0.15) is 0 Å². The molecule has 0 saturated carbocycles. The number of nitrogens with zero attached hydrogens (tertiary/aromatic N) is 3. The summed E-state index contributed by atoms with van der Waals surface area (Å²) in [5.41, 5.74) is 0.644. The predicted octanol–water partition coefficient (Wildman–Crippen LogP) is -0.290. The Kier molecular flexibility index (Phi) is 4.40. The lowest BCUT2D eigenvalue weighted by Crippen LogP contribution is -2.35. The summed E-state index contributed by atoms with van der Waals surface area (Å²) in [5.74, 6) is -0.0123. The Bertz CT molecular complexity index is 348. The average Bonchev–Trinajstić information content (AvgIpc) is 2.59. The van der Waals surface area contributed by atoms with Gasteiger partial charge in [0.05, 0.1) is 24.6 Å². The van der Waals surface area contributed by atoms with E-state index in [4.69, 9.17) is 0 Å². The van der Waals surface area contributed by atoms with Crippen molar-refractivity contribution in [1.29, 1.82) is 0 Å². The van der Waals surface area contributed by atoms with E-state index in [2.05, 4.69) is 25.5 Å². The van der Waals surface area contributed by atoms with Gasteiger partial charge in [0.15, 0.2) is 0 Å². The number of hydrogen-bond donors (Lipinski definition) is 2. The van der Waals surface area contributed by atoms with Crippen LogP contribution >= 0.6 is 0 Å². The van der Waals surface area contributed by atoms with Gasteiger partial charge >= 0.3 is 0 Å². The van der Waals surface area contributed by atoms with E-state index in [1.165, 1.54) is 6.33 Å². The maximum atomic E-state index is 11.8. The fourth-order valence-corrected chi connectivity index (χ4v) is 1.83. The summed E-state index contributed by atoms with van der Waals surface area (Å²) >= 11 is 0. The van der Waals surface area contributed by atoms with Crippen LogP contribution in [0.2, 0.25) is 0 Å². The summed E-state index contributed by atoms with van der Waals surface area (Å²) in [4.78, 5) is 21.6. The van der Waals surface area contributed by atoms with Gasteiger partial charge in [-0.1, -0.05) is 0 Å². The molecule has 17 heavy (non-hydrogen) atoms. The molecule has 1 fully saturated rings. The average molecular weight is 235 g/mol. The molecule has 92 valence electrons. The van der Waals surface area contributed by atoms with E-state index in [-0.39, 0.29) is 5.91 Å². The number of hydrogen-bond acceptors (Lipinski definition) is 5. The van der Waals surface area contributed by atoms with Gasteiger partial charge in [-0.15, -0.1) is 0 Å². The molecule has 2 heterocycles. The summed E-state index contributed by atoms with van der Waals surface area (Å²) in [6.07, 6.45) is 5.71. The van der Waals surface area contributed by atoms with Crippen LogP contribution < -0.4 is 10.6 Å². The minimum atomic E-state index is -0.0123. The third-order valence-corrected chi connectivity index (χ3v) is 2.64. The van der Waals surface area contributed by atoms with E-state index in [1.54, 1.807) is 12.4 Å². The number of carbonyl (C=O) groups is 1. The van der Waals surface area contributed by atoms with Gasteiger partial charge in [0.25, 0.3) is 0 Å². The molecule has 1 aliphatic heterocycles. The van der Waals surface area contributed by atoms with Crippen molar-refractivity contribution in [3.8, 4) is 0 Å². The third-order valence-electron chi connectivity index (χ3n) is 2.64. The van der Waals surface area contributed by atoms with Crippen LogP contribution in [0.25, 0.3) is 0 Å². The van der Waals surface area contributed by atoms with Crippen LogP contribution in [0, 0.1) is 0 Å². The van der Waals surface area contributed by atoms with E-state index >= 15 is 0 Å². The zero-order valence-corrected chi connectivity index (χ0v) is 9.72. The molecule has 1 saturated heterocycles. The van der Waals surface area contributed by atoms with Crippen LogP contribution in [0.15, 0.2) is 18.7 Å². The Labute approximate surface area is 100 Å². The first-order valence-corrected chi connectivity index (χ1v) is 5.82. The van der Waals surface area contributed by atoms with Crippen LogP contribution in [0.5, 0.6) is 0 Å². The first kappa shape index (κ1) is 11.9. The lowest BCUT2D eigenvalue weighted by molar-refractivity contribution is -0.117. The quantitative estimate of drug-likeness (QED) is 0.753. The van der Waals surface area contributed by atoms with Crippen molar-refractivity contribution in [2.24, 2.45) is 0 Å². The molecule has 2 rings (SSSR count). The second kappa shape index (κ2) is 6.27. The fraction of sp³-hybridized carbons (Fsp3) is 0.545. The second-order valence-corrected chi connectivity index (χ2v) is 4.06. The minimum absolute atomic E-state index is 0.0123. The van der Waals surface area contributed by atoms with Crippen molar-refractivity contribution >= 4 is 11.6 Å². The molecule has 1 aliphatic rings. The van der Waals surface area contributed by atoms with E-state index < -0.39 is 0 Å². The summed E-state index contributed by atoms with van der Waals surface area (Å²) in [5, 5.41) is 6.09. The normalized spacial score (nSPS) is 17.4. The molecule has 0 bridgehead atoms. The summed E-state index contributed by atoms with van der Waals surface area (Å²) in [7, 11) is 0. The number of nitrogens with one attached hydrogen (secondary N) is 2. The van der Waals surface area contributed by atoms with Crippen molar-refractivity contribution in [2.45, 2.75) is 6.42 Å². The standard InChI is InChI=1S/C11H17N5O/c17-11(15-10-6-13-9-14-7-10)8-16-4-1-2-12-3-5-16/h6-7,9,12H,1-5,8H2,(H,15,17). The highest BCUT2D eigenvalue weighted by atomic mass is 16.2. The molecule has 1 amide bonds. The van der Waals surface area contributed by atoms with Crippen molar-refractivity contribution in [1.82, 2.24) is 20.2 Å². The Balaban J connectivity index is 1.80. The van der Waals surface area contributed by atoms with E-state index in [9.17, 15) is 4.79 Å². The van der Waals surface area contributed by atoms with Crippen LogP contribution in [0.4, 0.5) is 5.69 Å². The minimum Gasteiger partial charge on any atom is -0.322 e. The Morgan fingerprint density at radius 1 is 1.35 bits per heavy atom. The molecular formula is C11H17N5O. The first-order valence-electron chi connectivity index (χ1n) is 5.82. The fourth-order valence-electron chi connectivity index (χ4n) is 1.83. The van der Waals surface area contributed by atoms with E-state index in [1.807, 2.05) is 0 Å². The second-order valence-electron chi connectivity index (χ2n) is 4.06. The van der Waals surface area contributed by atoms with Gasteiger partial charge in [0, 0.05) is 13.1 Å². The smallest absolute Gasteiger partial charge is 0.238 e. The highest BCUT2D eigenvalue weighted by Gasteiger charge is 2.12. The molecule has 0 unspecified atom stereocenters. The van der Waals surface area contributed by atoms with E-state index in [0.717, 1.165) is 32.6 Å². The molecule has 0 aliphatic carbocycles. The lowest BCUT2D eigenvalue weighted by Gasteiger charge is -2.18. The number of carbonyl (C=O) groups excluding carboxylic acids is 1. The van der Waals surface area contributed by atoms with Gasteiger partial charge in [-0.3, -0.25) is 9.69 Å². The van der Waals surface area contributed by atoms with Gasteiger partial charge in [0.2, 0.25) is 5.91 Å². The van der Waals surface area contributed by atoms with Crippen LogP contribution in [0.1, 0.15) is 6.42 Å². The molecule has 0 radical (unpaired) electrons. The third kappa shape index (κ3) is 4.08. The molecule has 1 aromatic rings. The number of anilines is 1. The molecule has 0 aromatic carbocycles. The zero-order valence-electron chi connectivity index (χ0n) is 9.72. The van der Waals surface area contributed by atoms with Gasteiger partial charge in [-0.25, -0.2) is 9.97 Å². The highest BCUT2D eigenvalue weighted by Crippen LogP contribution is 2.01. The van der Waals surface area contributed by atoms with Gasteiger partial charge < -0.3 is 10.6 Å². The highest BCUT2D eigenvalue weighted by molar-refractivity contribution is 5.91. The maximum Gasteiger partial charge on any atom is 0.238 e. The molecule has 2 N–H and O–H groups in total. The van der Waals surface area contributed by atoms with Crippen molar-refractivity contribution in [3.63, 3.8) is 0 Å². The lowest BCUT2D eigenvalue weighted by atomic mass is 10.4. The van der Waals surface area contributed by atoms with Gasteiger partial charge in [0.1, 0.15) is 6.33 Å². The Morgan fingerprint density at radius 2 is 2.18 bits per heavy atom. The summed E-state index contributed by atoms with van der Waals surface area (Å²) in [6.45, 7) is 4.29. The molecule has 0 atom stereocenters. The van der Waals surface area contributed by atoms with Crippen LogP contribution in [-0.4, -0.2) is 53.5 Å². The topological polar surface area (TPSA) is 70.2 Å². The first-order chi connectivity index (χ1) is 8.34. The zero-order chi connectivity index (χ0) is 11.9. The number of aromatic nitrogens is 2. The Hall–Kier alpha value is -1.53. The van der Waals surface area contributed by atoms with Crippen molar-refractivity contribution in [3.05, 3.63) is 18.7 Å². The largest absolute Gasteiger partial charge is 0.322 e. The Morgan fingerprint density at radius 3 is 3.00 bits per heavy atom.